The quantitative estimate of drug-likeness (QED) is 0.669. The van der Waals surface area contributed by atoms with E-state index in [9.17, 15) is 0 Å². The van der Waals surface area contributed by atoms with E-state index in [1.807, 2.05) is 30.5 Å². The minimum atomic E-state index is 0.542. The van der Waals surface area contributed by atoms with Crippen LogP contribution < -0.4 is 5.73 Å². The Balaban J connectivity index is 2.22. The van der Waals surface area contributed by atoms with Gasteiger partial charge < -0.3 is 10.3 Å². The molecule has 0 spiro atoms. The Hall–Kier alpha value is -2.29. The fraction of sp³-hybridized carbons (Fsp3) is 0. The van der Waals surface area contributed by atoms with Gasteiger partial charge in [0, 0.05) is 6.20 Å². The van der Waals surface area contributed by atoms with E-state index in [2.05, 4.69) is 27.8 Å². The van der Waals surface area contributed by atoms with Crippen molar-refractivity contribution in [2.75, 3.05) is 5.73 Å². The minimum Gasteiger partial charge on any atom is -0.384 e. The molecule has 0 fully saturated rings. The molecule has 0 aliphatic heterocycles. The summed E-state index contributed by atoms with van der Waals surface area (Å²) >= 11 is 0. The largest absolute Gasteiger partial charge is 0.384 e. The summed E-state index contributed by atoms with van der Waals surface area (Å²) in [5, 5.41) is 1.22. The summed E-state index contributed by atoms with van der Waals surface area (Å²) in [6, 6.07) is 14.1. The van der Waals surface area contributed by atoms with Crippen molar-refractivity contribution in [3.8, 4) is 5.69 Å². The van der Waals surface area contributed by atoms with Gasteiger partial charge in [-0.15, -0.1) is 0 Å². The van der Waals surface area contributed by atoms with Gasteiger partial charge in [0.25, 0.3) is 0 Å². The zero-order valence-corrected chi connectivity index (χ0v) is 8.67. The van der Waals surface area contributed by atoms with Gasteiger partial charge in [-0.05, 0) is 29.7 Å². The zero-order chi connectivity index (χ0) is 11.0. The number of nitrogen functional groups attached to an aromatic ring is 1. The highest BCUT2D eigenvalue weighted by molar-refractivity contribution is 5.81. The first-order valence-electron chi connectivity index (χ1n) is 5.12. The van der Waals surface area contributed by atoms with Crippen LogP contribution in [0.1, 0.15) is 0 Å². The Kier molecular flexibility index (Phi) is 1.90. The van der Waals surface area contributed by atoms with Gasteiger partial charge in [0.15, 0.2) is 0 Å². The van der Waals surface area contributed by atoms with E-state index in [-0.39, 0.29) is 0 Å². The molecule has 0 saturated carbocycles. The second-order valence-electron chi connectivity index (χ2n) is 3.69. The van der Waals surface area contributed by atoms with E-state index >= 15 is 0 Å². The summed E-state index contributed by atoms with van der Waals surface area (Å²) in [7, 11) is 0. The molecule has 0 bridgehead atoms. The topological polar surface area (TPSA) is 43.8 Å². The van der Waals surface area contributed by atoms with Crippen LogP contribution in [-0.4, -0.2) is 9.55 Å². The predicted octanol–water partition coefficient (Wildman–Crippen LogP) is 2.61. The van der Waals surface area contributed by atoms with E-state index in [1.165, 1.54) is 10.9 Å². The van der Waals surface area contributed by atoms with E-state index in [1.54, 1.807) is 6.20 Å². The normalized spacial score (nSPS) is 10.8. The van der Waals surface area contributed by atoms with Gasteiger partial charge in [-0.25, -0.2) is 4.98 Å². The number of aromatic nitrogens is 2. The van der Waals surface area contributed by atoms with E-state index in [4.69, 9.17) is 5.73 Å². The van der Waals surface area contributed by atoms with Crippen LogP contribution in [0.3, 0.4) is 0 Å². The van der Waals surface area contributed by atoms with Crippen molar-refractivity contribution in [3.05, 3.63) is 54.9 Å². The highest BCUT2D eigenvalue weighted by atomic mass is 15.0. The van der Waals surface area contributed by atoms with Crippen LogP contribution >= 0.6 is 0 Å². The summed E-state index contributed by atoms with van der Waals surface area (Å²) in [6.07, 6.45) is 3.82. The molecule has 0 radical (unpaired) electrons. The first-order valence-corrected chi connectivity index (χ1v) is 5.12. The average molecular weight is 209 g/mol. The molecule has 3 rings (SSSR count). The minimum absolute atomic E-state index is 0.542. The average Bonchev–Trinajstić information content (AvgIpc) is 2.74. The van der Waals surface area contributed by atoms with E-state index in [0.29, 0.717) is 5.82 Å². The second-order valence-corrected chi connectivity index (χ2v) is 3.69. The Labute approximate surface area is 93.1 Å². The standard InChI is InChI=1S/C13H11N3/c14-13-6-5-11(9-15-13)16-8-7-10-3-1-2-4-12(10)16/h1-9H,(H2,14,15). The van der Waals surface area contributed by atoms with Crippen molar-refractivity contribution >= 4 is 16.7 Å². The molecule has 78 valence electrons. The van der Waals surface area contributed by atoms with Gasteiger partial charge in [0.05, 0.1) is 17.4 Å². The maximum Gasteiger partial charge on any atom is 0.123 e. The smallest absolute Gasteiger partial charge is 0.123 e. The van der Waals surface area contributed by atoms with Gasteiger partial charge in [0.2, 0.25) is 0 Å². The molecule has 3 aromatic rings. The summed E-state index contributed by atoms with van der Waals surface area (Å²) in [5.74, 6) is 0.542. The molecule has 1 aromatic carbocycles. The van der Waals surface area contributed by atoms with Crippen molar-refractivity contribution in [1.82, 2.24) is 9.55 Å². The summed E-state index contributed by atoms with van der Waals surface area (Å²) in [4.78, 5) is 4.10. The molecule has 0 unspecified atom stereocenters. The lowest BCUT2D eigenvalue weighted by Gasteiger charge is -2.04. The molecule has 3 heteroatoms. The number of pyridine rings is 1. The number of benzene rings is 1. The predicted molar refractivity (Wildman–Crippen MR) is 65.5 cm³/mol. The lowest BCUT2D eigenvalue weighted by molar-refractivity contribution is 1.10. The van der Waals surface area contributed by atoms with Gasteiger partial charge >= 0.3 is 0 Å². The zero-order valence-electron chi connectivity index (χ0n) is 8.67. The van der Waals surface area contributed by atoms with Gasteiger partial charge in [-0.1, -0.05) is 18.2 Å². The molecule has 2 heterocycles. The molecule has 0 atom stereocenters. The Morgan fingerprint density at radius 1 is 1.00 bits per heavy atom. The summed E-state index contributed by atoms with van der Waals surface area (Å²) in [6.45, 7) is 0. The van der Waals surface area contributed by atoms with Crippen molar-refractivity contribution in [1.29, 1.82) is 0 Å². The fourth-order valence-corrected chi connectivity index (χ4v) is 1.85. The van der Waals surface area contributed by atoms with Crippen molar-refractivity contribution in [2.24, 2.45) is 0 Å². The highest BCUT2D eigenvalue weighted by Gasteiger charge is 2.01. The molecule has 0 amide bonds. The fourth-order valence-electron chi connectivity index (χ4n) is 1.85. The Morgan fingerprint density at radius 3 is 2.69 bits per heavy atom. The maximum atomic E-state index is 5.57. The first-order chi connectivity index (χ1) is 7.84. The number of hydrogen-bond donors (Lipinski definition) is 1. The van der Waals surface area contributed by atoms with Gasteiger partial charge in [-0.3, -0.25) is 0 Å². The SMILES string of the molecule is Nc1ccc(-n2ccc3ccccc32)cn1. The van der Waals surface area contributed by atoms with E-state index in [0.717, 1.165) is 5.69 Å². The number of para-hydroxylation sites is 1. The molecule has 2 N–H and O–H groups in total. The highest BCUT2D eigenvalue weighted by Crippen LogP contribution is 2.19. The van der Waals surface area contributed by atoms with Crippen LogP contribution in [0.2, 0.25) is 0 Å². The Morgan fingerprint density at radius 2 is 1.88 bits per heavy atom. The molecule has 16 heavy (non-hydrogen) atoms. The van der Waals surface area contributed by atoms with E-state index < -0.39 is 0 Å². The van der Waals surface area contributed by atoms with Crippen LogP contribution in [0.4, 0.5) is 5.82 Å². The first kappa shape index (κ1) is 8.97. The molecular weight excluding hydrogens is 198 g/mol. The third-order valence-electron chi connectivity index (χ3n) is 2.65. The van der Waals surface area contributed by atoms with Crippen LogP contribution in [0.15, 0.2) is 54.9 Å². The van der Waals surface area contributed by atoms with Gasteiger partial charge in [0.1, 0.15) is 5.82 Å². The second kappa shape index (κ2) is 3.38. The third-order valence-corrected chi connectivity index (χ3v) is 2.65. The van der Waals surface area contributed by atoms with Crippen molar-refractivity contribution < 1.29 is 0 Å². The third kappa shape index (κ3) is 1.34. The molecular formula is C13H11N3. The number of hydrogen-bond acceptors (Lipinski definition) is 2. The van der Waals surface area contributed by atoms with Crippen molar-refractivity contribution in [3.63, 3.8) is 0 Å². The number of nitrogens with two attached hydrogens (primary N) is 1. The number of fused-ring (bicyclic) bond motifs is 1. The maximum absolute atomic E-state index is 5.57. The lowest BCUT2D eigenvalue weighted by Crippen LogP contribution is -1.95. The van der Waals surface area contributed by atoms with Crippen LogP contribution in [-0.2, 0) is 0 Å². The monoisotopic (exact) mass is 209 g/mol. The van der Waals surface area contributed by atoms with Crippen LogP contribution in [0, 0.1) is 0 Å². The van der Waals surface area contributed by atoms with Crippen LogP contribution in [0.25, 0.3) is 16.6 Å². The summed E-state index contributed by atoms with van der Waals surface area (Å²) < 4.78 is 2.10. The number of anilines is 1. The van der Waals surface area contributed by atoms with Gasteiger partial charge in [-0.2, -0.15) is 0 Å². The lowest BCUT2D eigenvalue weighted by atomic mass is 10.2. The van der Waals surface area contributed by atoms with Crippen molar-refractivity contribution in [2.45, 2.75) is 0 Å². The summed E-state index contributed by atoms with van der Waals surface area (Å²) in [5.41, 5.74) is 7.77. The van der Waals surface area contributed by atoms with Crippen LogP contribution in [0.5, 0.6) is 0 Å². The molecule has 0 aliphatic rings. The molecule has 3 nitrogen and oxygen atoms in total. The Bertz CT molecular complexity index is 623. The number of rotatable bonds is 1. The molecule has 0 saturated heterocycles. The molecule has 2 aromatic heterocycles. The number of nitrogens with zero attached hydrogens (tertiary/aromatic N) is 2. The molecule has 0 aliphatic carbocycles.